The van der Waals surface area contributed by atoms with Gasteiger partial charge in [0.1, 0.15) is 0 Å². The third-order valence-corrected chi connectivity index (χ3v) is 1.72. The SMILES string of the molecule is CCCCC([O])CCC=S. The van der Waals surface area contributed by atoms with Crippen LogP contribution in [0.5, 0.6) is 0 Å². The maximum absolute atomic E-state index is 11.0. The predicted octanol–water partition coefficient (Wildman–Crippen LogP) is 2.76. The number of thiocarbonyl (C=S) groups is 1. The average molecular weight is 159 g/mol. The van der Waals surface area contributed by atoms with Gasteiger partial charge in [0.2, 0.25) is 0 Å². The highest BCUT2D eigenvalue weighted by atomic mass is 32.1. The molecule has 0 aromatic heterocycles. The lowest BCUT2D eigenvalue weighted by atomic mass is 10.1. The average Bonchev–Trinajstić information content (AvgIpc) is 1.97. The highest BCUT2D eigenvalue weighted by molar-refractivity contribution is 7.78. The summed E-state index contributed by atoms with van der Waals surface area (Å²) in [6, 6.07) is 0. The van der Waals surface area contributed by atoms with Crippen molar-refractivity contribution in [3.63, 3.8) is 0 Å². The van der Waals surface area contributed by atoms with Gasteiger partial charge in [0.15, 0.2) is 0 Å². The Bertz CT molecular complexity index is 83.3. The zero-order chi connectivity index (χ0) is 7.82. The first-order chi connectivity index (χ1) is 4.81. The Hall–Kier alpha value is 0.0500. The minimum Gasteiger partial charge on any atom is -0.233 e. The molecule has 2 heteroatoms. The maximum atomic E-state index is 11.0. The van der Waals surface area contributed by atoms with E-state index in [1.807, 2.05) is 0 Å². The summed E-state index contributed by atoms with van der Waals surface area (Å²) in [6.07, 6.45) is 4.15. The fourth-order valence-corrected chi connectivity index (χ4v) is 0.966. The maximum Gasteiger partial charge on any atom is 0.0933 e. The van der Waals surface area contributed by atoms with Gasteiger partial charge in [-0.15, -0.1) is 0 Å². The van der Waals surface area contributed by atoms with E-state index in [9.17, 15) is 5.11 Å². The van der Waals surface area contributed by atoms with Crippen LogP contribution in [-0.2, 0) is 5.11 Å². The molecule has 10 heavy (non-hydrogen) atoms. The van der Waals surface area contributed by atoms with E-state index < -0.39 is 0 Å². The van der Waals surface area contributed by atoms with Crippen LogP contribution in [0.2, 0.25) is 0 Å². The van der Waals surface area contributed by atoms with Gasteiger partial charge in [-0.25, -0.2) is 5.11 Å². The molecule has 0 N–H and O–H groups in total. The summed E-state index contributed by atoms with van der Waals surface area (Å²) in [5.74, 6) is 0. The molecule has 0 spiro atoms. The quantitative estimate of drug-likeness (QED) is 0.545. The second-order valence-corrected chi connectivity index (χ2v) is 2.84. The molecule has 0 saturated heterocycles. The molecule has 0 bridgehead atoms. The summed E-state index contributed by atoms with van der Waals surface area (Å²) < 4.78 is 0. The van der Waals surface area contributed by atoms with Gasteiger partial charge >= 0.3 is 0 Å². The fourth-order valence-electron chi connectivity index (χ4n) is 0.830. The molecule has 0 amide bonds. The third kappa shape index (κ3) is 6.17. The van der Waals surface area contributed by atoms with Crippen molar-refractivity contribution < 1.29 is 5.11 Å². The lowest BCUT2D eigenvalue weighted by molar-refractivity contribution is 0.0738. The molecule has 1 radical (unpaired) electrons. The number of hydrogen-bond donors (Lipinski definition) is 0. The number of unbranched alkanes of at least 4 members (excludes halogenated alkanes) is 1. The summed E-state index contributed by atoms with van der Waals surface area (Å²) in [4.78, 5) is 0. The third-order valence-electron chi connectivity index (χ3n) is 1.49. The van der Waals surface area contributed by atoms with Crippen LogP contribution >= 0.6 is 12.2 Å². The summed E-state index contributed by atoms with van der Waals surface area (Å²) in [5.41, 5.74) is 0. The predicted molar refractivity (Wildman–Crippen MR) is 46.9 cm³/mol. The molecule has 0 fully saturated rings. The summed E-state index contributed by atoms with van der Waals surface area (Å²) in [6.45, 7) is 2.10. The molecule has 0 rings (SSSR count). The molecule has 0 aromatic carbocycles. The highest BCUT2D eigenvalue weighted by Gasteiger charge is 2.02. The Morgan fingerprint density at radius 1 is 1.50 bits per heavy atom. The highest BCUT2D eigenvalue weighted by Crippen LogP contribution is 2.05. The summed E-state index contributed by atoms with van der Waals surface area (Å²) >= 11 is 4.62. The minimum absolute atomic E-state index is 0.376. The topological polar surface area (TPSA) is 19.9 Å². The van der Waals surface area contributed by atoms with Crippen molar-refractivity contribution in [1.29, 1.82) is 0 Å². The van der Waals surface area contributed by atoms with Gasteiger partial charge in [-0.2, -0.15) is 0 Å². The smallest absolute Gasteiger partial charge is 0.0933 e. The van der Waals surface area contributed by atoms with E-state index in [-0.39, 0.29) is 6.10 Å². The van der Waals surface area contributed by atoms with Gasteiger partial charge in [-0.05, 0) is 24.6 Å². The first kappa shape index (κ1) is 10.0. The lowest BCUT2D eigenvalue weighted by Gasteiger charge is -2.03. The van der Waals surface area contributed by atoms with Crippen LogP contribution in [0.3, 0.4) is 0 Å². The first-order valence-electron chi connectivity index (χ1n) is 3.90. The lowest BCUT2D eigenvalue weighted by Crippen LogP contribution is -2.03. The van der Waals surface area contributed by atoms with E-state index >= 15 is 0 Å². The molecule has 0 saturated carbocycles. The van der Waals surface area contributed by atoms with Gasteiger partial charge in [0, 0.05) is 0 Å². The van der Waals surface area contributed by atoms with Gasteiger partial charge in [0.25, 0.3) is 0 Å². The molecule has 59 valence electrons. The summed E-state index contributed by atoms with van der Waals surface area (Å²) in [7, 11) is 0. The Balaban J connectivity index is 3.07. The molecule has 1 unspecified atom stereocenters. The van der Waals surface area contributed by atoms with Gasteiger partial charge < -0.3 is 0 Å². The number of hydrogen-bond acceptors (Lipinski definition) is 1. The monoisotopic (exact) mass is 159 g/mol. The van der Waals surface area contributed by atoms with Crippen molar-refractivity contribution in [2.75, 3.05) is 0 Å². The zero-order valence-corrected chi connectivity index (χ0v) is 7.32. The van der Waals surface area contributed by atoms with Crippen LogP contribution in [0.25, 0.3) is 0 Å². The Kier molecular flexibility index (Phi) is 7.20. The molecule has 0 heterocycles. The molecule has 0 aromatic rings. The van der Waals surface area contributed by atoms with Gasteiger partial charge in [-0.3, -0.25) is 0 Å². The Morgan fingerprint density at radius 3 is 2.70 bits per heavy atom. The van der Waals surface area contributed by atoms with E-state index in [2.05, 4.69) is 19.1 Å². The van der Waals surface area contributed by atoms with Crippen molar-refractivity contribution in [2.24, 2.45) is 0 Å². The second kappa shape index (κ2) is 7.16. The van der Waals surface area contributed by atoms with Crippen LogP contribution in [0.1, 0.15) is 39.0 Å². The van der Waals surface area contributed by atoms with Crippen molar-refractivity contribution in [3.05, 3.63) is 0 Å². The second-order valence-electron chi connectivity index (χ2n) is 2.51. The zero-order valence-electron chi connectivity index (χ0n) is 6.51. The molecular weight excluding hydrogens is 144 g/mol. The Morgan fingerprint density at radius 2 is 2.20 bits per heavy atom. The van der Waals surface area contributed by atoms with Crippen LogP contribution in [-0.4, -0.2) is 11.5 Å². The minimum atomic E-state index is -0.376. The van der Waals surface area contributed by atoms with Gasteiger partial charge in [-0.1, -0.05) is 32.0 Å². The first-order valence-corrected chi connectivity index (χ1v) is 4.37. The van der Waals surface area contributed by atoms with Crippen LogP contribution in [0.4, 0.5) is 0 Å². The van der Waals surface area contributed by atoms with E-state index in [0.717, 1.165) is 32.1 Å². The van der Waals surface area contributed by atoms with Crippen LogP contribution in [0, 0.1) is 0 Å². The summed E-state index contributed by atoms with van der Waals surface area (Å²) in [5, 5.41) is 12.6. The van der Waals surface area contributed by atoms with E-state index in [1.165, 1.54) is 0 Å². The van der Waals surface area contributed by atoms with E-state index in [4.69, 9.17) is 0 Å². The Labute approximate surface area is 68.4 Å². The van der Waals surface area contributed by atoms with E-state index in [0.29, 0.717) is 0 Å². The molecule has 0 aliphatic carbocycles. The van der Waals surface area contributed by atoms with Crippen LogP contribution in [0.15, 0.2) is 0 Å². The van der Waals surface area contributed by atoms with Crippen LogP contribution < -0.4 is 0 Å². The van der Waals surface area contributed by atoms with Crippen molar-refractivity contribution >= 4 is 17.6 Å². The molecule has 0 aliphatic rings. The largest absolute Gasteiger partial charge is 0.233 e. The molecule has 0 aliphatic heterocycles. The standard InChI is InChI=1S/C8H15OS/c1-2-3-5-8(9)6-4-7-10/h7-8H,2-6H2,1H3. The van der Waals surface area contributed by atoms with Crippen molar-refractivity contribution in [2.45, 2.75) is 45.1 Å². The fraction of sp³-hybridized carbons (Fsp3) is 0.875. The van der Waals surface area contributed by atoms with Crippen molar-refractivity contribution in [1.82, 2.24) is 0 Å². The molecular formula is C8H15OS. The van der Waals surface area contributed by atoms with Gasteiger partial charge in [0.05, 0.1) is 6.10 Å². The molecule has 1 atom stereocenters. The van der Waals surface area contributed by atoms with E-state index in [1.54, 1.807) is 5.37 Å². The molecule has 1 nitrogen and oxygen atoms in total. The number of rotatable bonds is 6. The van der Waals surface area contributed by atoms with Crippen molar-refractivity contribution in [3.8, 4) is 0 Å². The normalized spacial score (nSPS) is 13.0.